The Bertz CT molecular complexity index is 1250. The zero-order valence-corrected chi connectivity index (χ0v) is 27.5. The number of aliphatic hydroxyl groups excluding tert-OH is 2. The van der Waals surface area contributed by atoms with Gasteiger partial charge in [-0.1, -0.05) is 77.9 Å². The van der Waals surface area contributed by atoms with Crippen molar-refractivity contribution in [2.45, 2.75) is 157 Å². The largest absolute Gasteiger partial charge is 0.393 e. The highest BCUT2D eigenvalue weighted by Crippen LogP contribution is 2.74. The Morgan fingerprint density at radius 1 is 0.956 bits per heavy atom. The fourth-order valence-corrected chi connectivity index (χ4v) is 11.2. The lowest BCUT2D eigenvalue weighted by atomic mass is 9.51. The van der Waals surface area contributed by atoms with Crippen molar-refractivity contribution in [1.82, 2.24) is 0 Å². The van der Waals surface area contributed by atoms with E-state index in [1.807, 2.05) is 26.0 Å². The maximum absolute atomic E-state index is 14.4. The van der Waals surface area contributed by atoms with Crippen LogP contribution in [-0.2, 0) is 23.7 Å². The summed E-state index contributed by atoms with van der Waals surface area (Å²) in [5, 5.41) is 48.1. The summed E-state index contributed by atoms with van der Waals surface area (Å²) < 4.78 is 27.2. The van der Waals surface area contributed by atoms with Crippen molar-refractivity contribution in [2.75, 3.05) is 6.61 Å². The molecule has 0 amide bonds. The molecule has 9 heteroatoms. The molecule has 0 radical (unpaired) electrons. The van der Waals surface area contributed by atoms with Crippen molar-refractivity contribution >= 4 is 5.78 Å². The molecule has 2 spiro atoms. The Labute approximate surface area is 267 Å². The van der Waals surface area contributed by atoms with Crippen molar-refractivity contribution in [2.24, 2.45) is 29.6 Å². The number of allylic oxidation sites excluding steroid dienone is 1. The van der Waals surface area contributed by atoms with E-state index >= 15 is 0 Å². The number of carbonyl (C=O) groups excluding carboxylic acids is 1. The van der Waals surface area contributed by atoms with Crippen LogP contribution in [0.3, 0.4) is 0 Å². The summed E-state index contributed by atoms with van der Waals surface area (Å²) in [6.07, 6.45) is 12.3. The van der Waals surface area contributed by atoms with Gasteiger partial charge in [0.2, 0.25) is 0 Å². The van der Waals surface area contributed by atoms with E-state index in [-0.39, 0.29) is 5.92 Å². The van der Waals surface area contributed by atoms with E-state index in [2.05, 4.69) is 6.58 Å². The molecule has 3 saturated heterocycles. The number of hydrogen-bond acceptors (Lipinski definition) is 9. The van der Waals surface area contributed by atoms with Crippen LogP contribution in [-0.4, -0.2) is 85.1 Å². The molecule has 252 valence electrons. The van der Waals surface area contributed by atoms with E-state index in [0.717, 1.165) is 44.1 Å². The molecule has 3 saturated carbocycles. The van der Waals surface area contributed by atoms with Crippen molar-refractivity contribution < 1.29 is 44.2 Å². The smallest absolute Gasteiger partial charge is 0.306 e. The number of ketones is 1. The summed E-state index contributed by atoms with van der Waals surface area (Å²) in [5.74, 6) is -5.61. The molecule has 14 atom stereocenters. The van der Waals surface area contributed by atoms with Gasteiger partial charge in [0.25, 0.3) is 0 Å². The van der Waals surface area contributed by atoms with Crippen molar-refractivity contribution in [1.29, 1.82) is 0 Å². The van der Waals surface area contributed by atoms with Gasteiger partial charge in [-0.15, -0.1) is 0 Å². The number of rotatable bonds is 2. The summed E-state index contributed by atoms with van der Waals surface area (Å²) in [4.78, 5) is 14.4. The number of aliphatic hydroxyl groups is 4. The Morgan fingerprint density at radius 3 is 2.24 bits per heavy atom. The van der Waals surface area contributed by atoms with E-state index in [4.69, 9.17) is 18.9 Å². The average Bonchev–Trinajstić information content (AvgIpc) is 3.63. The monoisotopic (exact) mass is 630 g/mol. The van der Waals surface area contributed by atoms with Gasteiger partial charge in [-0.2, -0.15) is 0 Å². The van der Waals surface area contributed by atoms with Crippen molar-refractivity contribution in [3.63, 3.8) is 0 Å². The van der Waals surface area contributed by atoms with Crippen molar-refractivity contribution in [3.05, 3.63) is 24.3 Å². The number of epoxide rings is 1. The van der Waals surface area contributed by atoms with E-state index < -0.39 is 88.4 Å². The quantitative estimate of drug-likeness (QED) is 0.263. The normalized spacial score (nSPS) is 56.1. The molecule has 7 aliphatic rings. The third kappa shape index (κ3) is 4.17. The minimum atomic E-state index is -2.34. The molecule has 4 N–H and O–H groups in total. The summed E-state index contributed by atoms with van der Waals surface area (Å²) in [7, 11) is 0. The van der Waals surface area contributed by atoms with Crippen LogP contribution in [0.2, 0.25) is 0 Å². The molecule has 0 aromatic heterocycles. The van der Waals surface area contributed by atoms with Gasteiger partial charge in [0.1, 0.15) is 29.5 Å². The number of fused-ring (bicyclic) bond motifs is 1. The molecule has 45 heavy (non-hydrogen) atoms. The molecule has 9 nitrogen and oxygen atoms in total. The number of carbonyl (C=O) groups is 1. The topological polar surface area (TPSA) is 138 Å². The molecule has 0 aromatic carbocycles. The van der Waals surface area contributed by atoms with Gasteiger partial charge in [0.05, 0.1) is 17.8 Å². The lowest BCUT2D eigenvalue weighted by molar-refractivity contribution is -0.414. The first-order chi connectivity index (χ1) is 21.3. The molecule has 4 aliphatic heterocycles. The van der Waals surface area contributed by atoms with Crippen LogP contribution >= 0.6 is 0 Å². The first-order valence-corrected chi connectivity index (χ1v) is 17.6. The van der Waals surface area contributed by atoms with Gasteiger partial charge >= 0.3 is 5.97 Å². The molecular weight excluding hydrogens is 576 g/mol. The van der Waals surface area contributed by atoms with Crippen LogP contribution in [0.15, 0.2) is 24.3 Å². The van der Waals surface area contributed by atoms with E-state index in [1.165, 1.54) is 25.7 Å². The number of ether oxygens (including phenoxy) is 4. The van der Waals surface area contributed by atoms with Gasteiger partial charge in [-0.05, 0) is 51.0 Å². The van der Waals surface area contributed by atoms with E-state index in [0.29, 0.717) is 12.8 Å². The second-order valence-corrected chi connectivity index (χ2v) is 16.0. The lowest BCUT2D eigenvalue weighted by Gasteiger charge is -2.61. The molecule has 0 aromatic rings. The van der Waals surface area contributed by atoms with Crippen LogP contribution in [0.25, 0.3) is 0 Å². The standard InChI is InChI=1S/C36H54O9/c1-21(2)32-19-22(3)36-25-28(32)43-34(44-32,45-36)18-16-14-12-10-8-6-7-9-11-13-15-17-31(5,40)24-23(4)27(38)35(41,26(24)36)30(39)33(20-37)29(25)42-33/h16,18,22-26,28-30,37,39-41H,1,6-15,17,19-20H2,2-5H3. The maximum atomic E-state index is 14.4. The number of Topliss-reactive ketones (excluding diaryl/α,β-unsaturated/α-hetero) is 1. The van der Waals surface area contributed by atoms with Crippen LogP contribution in [0.5, 0.6) is 0 Å². The van der Waals surface area contributed by atoms with Crippen LogP contribution in [0, 0.1) is 29.6 Å². The second-order valence-electron chi connectivity index (χ2n) is 16.0. The molecule has 6 fully saturated rings. The minimum absolute atomic E-state index is 0.317. The Hall–Kier alpha value is -1.17. The van der Waals surface area contributed by atoms with E-state index in [9.17, 15) is 25.2 Å². The van der Waals surface area contributed by atoms with Crippen LogP contribution in [0.4, 0.5) is 0 Å². The van der Waals surface area contributed by atoms with Crippen molar-refractivity contribution in [3.8, 4) is 0 Å². The Kier molecular flexibility index (Phi) is 7.67. The molecule has 14 unspecified atom stereocenters. The summed E-state index contributed by atoms with van der Waals surface area (Å²) >= 11 is 0. The first kappa shape index (κ1) is 32.4. The third-order valence-electron chi connectivity index (χ3n) is 13.3. The summed E-state index contributed by atoms with van der Waals surface area (Å²) in [6, 6.07) is 0. The summed E-state index contributed by atoms with van der Waals surface area (Å²) in [6.45, 7) is 11.3. The zero-order chi connectivity index (χ0) is 32.2. The Morgan fingerprint density at radius 2 is 1.60 bits per heavy atom. The molecule has 7 rings (SSSR count). The predicted octanol–water partition coefficient (Wildman–Crippen LogP) is 4.09. The average molecular weight is 631 g/mol. The molecular formula is C36H54O9. The van der Waals surface area contributed by atoms with Crippen LogP contribution in [0.1, 0.15) is 105 Å². The summed E-state index contributed by atoms with van der Waals surface area (Å²) in [5.41, 5.74) is -6.73. The van der Waals surface area contributed by atoms with Crippen LogP contribution < -0.4 is 0 Å². The van der Waals surface area contributed by atoms with Gasteiger partial charge in [0, 0.05) is 29.7 Å². The maximum Gasteiger partial charge on any atom is 0.306 e. The molecule has 4 heterocycles. The Balaban J connectivity index is 1.43. The molecule has 3 bridgehead atoms. The van der Waals surface area contributed by atoms with Gasteiger partial charge < -0.3 is 39.4 Å². The predicted molar refractivity (Wildman–Crippen MR) is 165 cm³/mol. The zero-order valence-electron chi connectivity index (χ0n) is 27.5. The van der Waals surface area contributed by atoms with E-state index in [1.54, 1.807) is 13.8 Å². The highest BCUT2D eigenvalue weighted by Gasteiger charge is 2.90. The SMILES string of the molecule is C=C(C)C12CC(C)C34OC5(C=CCCCCCCCCCCCC(C)(O)C6C(C)C(=O)C(O)(C(O)C7(CO)OC7C3C1O5)C64)O2. The number of hydrogen-bond donors (Lipinski definition) is 4. The highest BCUT2D eigenvalue weighted by atomic mass is 16.9. The van der Waals surface area contributed by atoms with Gasteiger partial charge in [-0.25, -0.2) is 0 Å². The lowest BCUT2D eigenvalue weighted by Crippen LogP contribution is -2.74. The van der Waals surface area contributed by atoms with Gasteiger partial charge in [0.15, 0.2) is 11.4 Å². The third-order valence-corrected chi connectivity index (χ3v) is 13.3. The minimum Gasteiger partial charge on any atom is -0.393 e. The second kappa shape index (κ2) is 10.7. The fraction of sp³-hybridized carbons (Fsp3) is 0.861. The molecule has 3 aliphatic carbocycles. The van der Waals surface area contributed by atoms with Gasteiger partial charge in [-0.3, -0.25) is 4.79 Å². The fourth-order valence-electron chi connectivity index (χ4n) is 11.2. The highest BCUT2D eigenvalue weighted by molar-refractivity contribution is 5.94. The first-order valence-electron chi connectivity index (χ1n) is 17.6.